The number of hydrogen-bond acceptors (Lipinski definition) is 2. The van der Waals surface area contributed by atoms with Gasteiger partial charge in [-0.2, -0.15) is 11.8 Å². The van der Waals surface area contributed by atoms with Gasteiger partial charge in [0.15, 0.2) is 0 Å². The van der Waals surface area contributed by atoms with Crippen molar-refractivity contribution in [1.29, 1.82) is 0 Å². The van der Waals surface area contributed by atoms with Gasteiger partial charge in [-0.25, -0.2) is 4.79 Å². The molecule has 4 heteroatoms. The van der Waals surface area contributed by atoms with Crippen LogP contribution in [0, 0.1) is 5.92 Å². The van der Waals surface area contributed by atoms with Gasteiger partial charge in [-0.3, -0.25) is 0 Å². The zero-order chi connectivity index (χ0) is 9.26. The van der Waals surface area contributed by atoms with Crippen LogP contribution in [0.25, 0.3) is 0 Å². The predicted molar refractivity (Wildman–Crippen MR) is 55.0 cm³/mol. The summed E-state index contributed by atoms with van der Waals surface area (Å²) < 4.78 is 0. The molecule has 74 valence electrons. The minimum absolute atomic E-state index is 0.0295. The molecule has 2 fully saturated rings. The number of urea groups is 1. The molecule has 2 aliphatic rings. The number of hydrogen-bond donors (Lipinski definition) is 2. The van der Waals surface area contributed by atoms with E-state index in [0.717, 1.165) is 18.6 Å². The average Bonchev–Trinajstić information content (AvgIpc) is 2.61. The molecule has 0 spiro atoms. The molecular weight excluding hydrogens is 184 g/mol. The van der Waals surface area contributed by atoms with E-state index in [4.69, 9.17) is 0 Å². The number of carbonyl (C=O) groups excluding carboxylic acids is 1. The molecule has 1 saturated carbocycles. The lowest BCUT2D eigenvalue weighted by Crippen LogP contribution is -2.43. The maximum absolute atomic E-state index is 11.4. The fourth-order valence-corrected chi connectivity index (χ4v) is 2.72. The Morgan fingerprint density at radius 1 is 1.46 bits per heavy atom. The molecule has 0 aromatic carbocycles. The lowest BCUT2D eigenvalue weighted by molar-refractivity contribution is 0.237. The molecule has 0 aromatic rings. The number of nitrogens with one attached hydrogen (secondary N) is 2. The molecule has 2 N–H and O–H groups in total. The Labute approximate surface area is 83.0 Å². The van der Waals surface area contributed by atoms with E-state index >= 15 is 0 Å². The molecule has 1 aliphatic carbocycles. The van der Waals surface area contributed by atoms with Crippen LogP contribution in [0.3, 0.4) is 0 Å². The van der Waals surface area contributed by atoms with E-state index < -0.39 is 0 Å². The van der Waals surface area contributed by atoms with Crippen LogP contribution in [0.2, 0.25) is 0 Å². The fraction of sp³-hybridized carbons (Fsp3) is 0.889. The highest BCUT2D eigenvalue weighted by Crippen LogP contribution is 2.28. The molecule has 3 atom stereocenters. The average molecular weight is 200 g/mol. The third-order valence-electron chi connectivity index (χ3n) is 2.69. The van der Waals surface area contributed by atoms with Gasteiger partial charge in [0.2, 0.25) is 0 Å². The van der Waals surface area contributed by atoms with Gasteiger partial charge in [0.1, 0.15) is 0 Å². The van der Waals surface area contributed by atoms with E-state index in [0.29, 0.717) is 18.0 Å². The van der Waals surface area contributed by atoms with E-state index in [1.807, 2.05) is 11.8 Å². The second kappa shape index (κ2) is 3.78. The van der Waals surface area contributed by atoms with Crippen LogP contribution < -0.4 is 10.6 Å². The Kier molecular flexibility index (Phi) is 2.67. The van der Waals surface area contributed by atoms with Crippen molar-refractivity contribution in [3.63, 3.8) is 0 Å². The molecule has 1 saturated heterocycles. The molecule has 2 amide bonds. The Balaban J connectivity index is 1.66. The molecule has 0 bridgehead atoms. The van der Waals surface area contributed by atoms with Gasteiger partial charge in [0.05, 0.1) is 0 Å². The van der Waals surface area contributed by atoms with Crippen LogP contribution in [0.1, 0.15) is 19.8 Å². The van der Waals surface area contributed by atoms with Crippen molar-refractivity contribution < 1.29 is 4.79 Å². The summed E-state index contributed by atoms with van der Waals surface area (Å²) in [4.78, 5) is 11.4. The first-order valence-electron chi connectivity index (χ1n) is 4.90. The summed E-state index contributed by atoms with van der Waals surface area (Å²) in [7, 11) is 0. The van der Waals surface area contributed by atoms with Crippen LogP contribution in [0.4, 0.5) is 4.79 Å². The first kappa shape index (κ1) is 9.19. The van der Waals surface area contributed by atoms with Gasteiger partial charge in [0.25, 0.3) is 0 Å². The first-order valence-corrected chi connectivity index (χ1v) is 6.06. The molecule has 1 heterocycles. The SMILES string of the molecule is CC1CC1NC(=O)NC1CCSC1. The third-order valence-corrected chi connectivity index (χ3v) is 3.85. The van der Waals surface area contributed by atoms with Crippen LogP contribution in [-0.4, -0.2) is 29.6 Å². The molecule has 13 heavy (non-hydrogen) atoms. The number of thioether (sulfide) groups is 1. The first-order chi connectivity index (χ1) is 6.25. The van der Waals surface area contributed by atoms with Crippen LogP contribution in [0.5, 0.6) is 0 Å². The van der Waals surface area contributed by atoms with Crippen LogP contribution >= 0.6 is 11.8 Å². The minimum Gasteiger partial charge on any atom is -0.335 e. The van der Waals surface area contributed by atoms with Crippen molar-refractivity contribution in [2.45, 2.75) is 31.8 Å². The summed E-state index contributed by atoms with van der Waals surface area (Å²) in [5.74, 6) is 2.95. The molecule has 3 unspecified atom stereocenters. The summed E-state index contributed by atoms with van der Waals surface area (Å²) in [6.45, 7) is 2.16. The predicted octanol–water partition coefficient (Wildman–Crippen LogP) is 1.20. The van der Waals surface area contributed by atoms with E-state index in [1.165, 1.54) is 5.75 Å². The Morgan fingerprint density at radius 3 is 2.77 bits per heavy atom. The highest BCUT2D eigenvalue weighted by Gasteiger charge is 2.34. The largest absolute Gasteiger partial charge is 0.335 e. The van der Waals surface area contributed by atoms with Crippen molar-refractivity contribution in [3.8, 4) is 0 Å². The van der Waals surface area contributed by atoms with Crippen molar-refractivity contribution in [1.82, 2.24) is 10.6 Å². The summed E-state index contributed by atoms with van der Waals surface area (Å²) >= 11 is 1.92. The van der Waals surface area contributed by atoms with E-state index in [1.54, 1.807) is 0 Å². The summed E-state index contributed by atoms with van der Waals surface area (Å²) in [5.41, 5.74) is 0. The van der Waals surface area contributed by atoms with E-state index in [9.17, 15) is 4.79 Å². The van der Waals surface area contributed by atoms with Gasteiger partial charge in [0, 0.05) is 17.8 Å². The summed E-state index contributed by atoms with van der Waals surface area (Å²) in [6.07, 6.45) is 2.27. The van der Waals surface area contributed by atoms with E-state index in [2.05, 4.69) is 17.6 Å². The minimum atomic E-state index is 0.0295. The maximum Gasteiger partial charge on any atom is 0.315 e. The van der Waals surface area contributed by atoms with Gasteiger partial charge in [-0.1, -0.05) is 6.92 Å². The third kappa shape index (κ3) is 2.53. The van der Waals surface area contributed by atoms with Crippen molar-refractivity contribution in [2.24, 2.45) is 5.92 Å². The monoisotopic (exact) mass is 200 g/mol. The number of amides is 2. The Bertz CT molecular complexity index is 204. The second-order valence-electron chi connectivity index (χ2n) is 4.00. The lowest BCUT2D eigenvalue weighted by Gasteiger charge is -2.11. The lowest BCUT2D eigenvalue weighted by atomic mass is 10.3. The Hall–Kier alpha value is -0.380. The van der Waals surface area contributed by atoms with Gasteiger partial charge in [-0.05, 0) is 24.5 Å². The molecule has 1 aliphatic heterocycles. The van der Waals surface area contributed by atoms with E-state index in [-0.39, 0.29) is 6.03 Å². The molecule has 2 rings (SSSR count). The number of rotatable bonds is 2. The van der Waals surface area contributed by atoms with Crippen molar-refractivity contribution in [2.75, 3.05) is 11.5 Å². The highest BCUT2D eigenvalue weighted by molar-refractivity contribution is 7.99. The van der Waals surface area contributed by atoms with Gasteiger partial charge < -0.3 is 10.6 Å². The quantitative estimate of drug-likeness (QED) is 0.703. The van der Waals surface area contributed by atoms with Crippen molar-refractivity contribution >= 4 is 17.8 Å². The summed E-state index contributed by atoms with van der Waals surface area (Å²) in [5, 5.41) is 5.97. The Morgan fingerprint density at radius 2 is 2.23 bits per heavy atom. The van der Waals surface area contributed by atoms with Gasteiger partial charge >= 0.3 is 6.03 Å². The zero-order valence-corrected chi connectivity index (χ0v) is 8.69. The second-order valence-corrected chi connectivity index (χ2v) is 5.15. The molecular formula is C9H16N2OS. The fourth-order valence-electron chi connectivity index (χ4n) is 1.57. The smallest absolute Gasteiger partial charge is 0.315 e. The normalized spacial score (nSPS) is 37.2. The standard InChI is InChI=1S/C9H16N2OS/c1-6-4-8(6)11-9(12)10-7-2-3-13-5-7/h6-8H,2-5H2,1H3,(H2,10,11,12). The van der Waals surface area contributed by atoms with Crippen LogP contribution in [0.15, 0.2) is 0 Å². The summed E-state index contributed by atoms with van der Waals surface area (Å²) in [6, 6.07) is 0.870. The highest BCUT2D eigenvalue weighted by atomic mass is 32.2. The van der Waals surface area contributed by atoms with Crippen molar-refractivity contribution in [3.05, 3.63) is 0 Å². The maximum atomic E-state index is 11.4. The zero-order valence-electron chi connectivity index (χ0n) is 7.88. The molecule has 3 nitrogen and oxygen atoms in total. The topological polar surface area (TPSA) is 41.1 Å². The molecule has 0 radical (unpaired) electrons. The molecule has 0 aromatic heterocycles. The van der Waals surface area contributed by atoms with Crippen LogP contribution in [-0.2, 0) is 0 Å². The van der Waals surface area contributed by atoms with Gasteiger partial charge in [-0.15, -0.1) is 0 Å². The number of carbonyl (C=O) groups is 1.